The van der Waals surface area contributed by atoms with E-state index in [-0.39, 0.29) is 0 Å². The fourth-order valence-corrected chi connectivity index (χ4v) is 3.98. The molecule has 3 aromatic rings. The molecule has 0 saturated carbocycles. The van der Waals surface area contributed by atoms with Crippen molar-refractivity contribution in [2.75, 3.05) is 11.9 Å². The molecule has 0 saturated heterocycles. The molecule has 3 amide bonds. The minimum Gasteiger partial charge on any atom is -0.436 e. The Bertz CT molecular complexity index is 1350. The van der Waals surface area contributed by atoms with E-state index < -0.39 is 59.6 Å². The molecule has 0 spiro atoms. The number of para-hydroxylation sites is 1. The van der Waals surface area contributed by atoms with E-state index in [4.69, 9.17) is 4.74 Å². The number of carbonyl (C=O) groups is 3. The van der Waals surface area contributed by atoms with Crippen molar-refractivity contribution in [3.05, 3.63) is 89.2 Å². The molecule has 10 heteroatoms. The highest BCUT2D eigenvalue weighted by Gasteiger charge is 2.34. The number of rotatable bonds is 5. The van der Waals surface area contributed by atoms with Crippen LogP contribution in [-0.4, -0.2) is 31.1 Å². The SMILES string of the molecule is C[C@H](OC(=O)NCc1c(F)ccc(F)c1F)C(=O)NC1C(=O)N(C)c2ccccc2-c2ccccc21. The van der Waals surface area contributed by atoms with E-state index in [0.29, 0.717) is 17.3 Å². The third-order valence-corrected chi connectivity index (χ3v) is 5.89. The summed E-state index contributed by atoms with van der Waals surface area (Å²) in [6.45, 7) is 0.587. The summed E-state index contributed by atoms with van der Waals surface area (Å²) in [5, 5.41) is 4.72. The molecule has 7 nitrogen and oxygen atoms in total. The van der Waals surface area contributed by atoms with Gasteiger partial charge in [0.15, 0.2) is 17.7 Å². The van der Waals surface area contributed by atoms with Gasteiger partial charge in [-0.2, -0.15) is 0 Å². The van der Waals surface area contributed by atoms with Crippen molar-refractivity contribution in [2.24, 2.45) is 0 Å². The van der Waals surface area contributed by atoms with Gasteiger partial charge in [0.05, 0.1) is 12.2 Å². The van der Waals surface area contributed by atoms with Crippen molar-refractivity contribution in [1.82, 2.24) is 10.6 Å². The van der Waals surface area contributed by atoms with E-state index in [0.717, 1.165) is 17.2 Å². The number of hydrogen-bond donors (Lipinski definition) is 2. The maximum atomic E-state index is 13.8. The first-order chi connectivity index (χ1) is 17.2. The zero-order chi connectivity index (χ0) is 26.0. The van der Waals surface area contributed by atoms with Gasteiger partial charge in [-0.3, -0.25) is 9.59 Å². The van der Waals surface area contributed by atoms with Gasteiger partial charge in [0.25, 0.3) is 11.8 Å². The summed E-state index contributed by atoms with van der Waals surface area (Å²) in [6, 6.07) is 14.8. The largest absolute Gasteiger partial charge is 0.436 e. The number of halogens is 3. The number of amides is 3. The molecule has 0 radical (unpaired) electrons. The van der Waals surface area contributed by atoms with Crippen molar-refractivity contribution in [3.63, 3.8) is 0 Å². The lowest BCUT2D eigenvalue weighted by Crippen LogP contribution is -2.45. The second-order valence-electron chi connectivity index (χ2n) is 8.17. The van der Waals surface area contributed by atoms with E-state index in [2.05, 4.69) is 10.6 Å². The standard InChI is InChI=1S/C26H22F3N3O4/c1-14(36-26(35)30-13-18-19(27)11-12-20(28)22(18)29)24(33)31-23-17-9-4-3-7-15(17)16-8-5-6-10-21(16)32(2)25(23)34/h3-12,14,23H,13H2,1-2H3,(H,30,35)(H,31,33)/t14-,23?/m0/s1. The molecule has 0 aromatic heterocycles. The molecule has 3 aromatic carbocycles. The van der Waals surface area contributed by atoms with Crippen LogP contribution in [-0.2, 0) is 20.9 Å². The molecule has 2 atom stereocenters. The Kier molecular flexibility index (Phi) is 6.96. The second kappa shape index (κ2) is 10.1. The number of nitrogens with one attached hydrogen (secondary N) is 2. The molecular weight excluding hydrogens is 475 g/mol. The van der Waals surface area contributed by atoms with Gasteiger partial charge in [0, 0.05) is 18.2 Å². The minimum absolute atomic E-state index is 0.394. The fourth-order valence-electron chi connectivity index (χ4n) is 3.98. The van der Waals surface area contributed by atoms with Crippen LogP contribution in [0, 0.1) is 17.5 Å². The Morgan fingerprint density at radius 1 is 0.972 bits per heavy atom. The molecule has 2 N–H and O–H groups in total. The van der Waals surface area contributed by atoms with Crippen molar-refractivity contribution in [2.45, 2.75) is 25.6 Å². The number of benzene rings is 3. The Morgan fingerprint density at radius 3 is 2.36 bits per heavy atom. The van der Waals surface area contributed by atoms with Gasteiger partial charge in [-0.15, -0.1) is 0 Å². The van der Waals surface area contributed by atoms with Crippen LogP contribution >= 0.6 is 0 Å². The average Bonchev–Trinajstić information content (AvgIpc) is 2.96. The Balaban J connectivity index is 1.47. The zero-order valence-corrected chi connectivity index (χ0v) is 19.3. The Labute approximate surface area is 204 Å². The van der Waals surface area contributed by atoms with Crippen LogP contribution < -0.4 is 15.5 Å². The van der Waals surface area contributed by atoms with Gasteiger partial charge >= 0.3 is 6.09 Å². The molecule has 0 fully saturated rings. The summed E-state index contributed by atoms with van der Waals surface area (Å²) >= 11 is 0. The number of fused-ring (bicyclic) bond motifs is 3. The van der Waals surface area contributed by atoms with E-state index in [1.807, 2.05) is 24.3 Å². The smallest absolute Gasteiger partial charge is 0.408 e. The van der Waals surface area contributed by atoms with Gasteiger partial charge in [-0.05, 0) is 36.2 Å². The van der Waals surface area contributed by atoms with Crippen molar-refractivity contribution in [3.8, 4) is 11.1 Å². The van der Waals surface area contributed by atoms with Crippen LogP contribution in [0.3, 0.4) is 0 Å². The first-order valence-electron chi connectivity index (χ1n) is 11.0. The summed E-state index contributed by atoms with van der Waals surface area (Å²) in [7, 11) is 1.60. The predicted molar refractivity (Wildman–Crippen MR) is 125 cm³/mol. The summed E-state index contributed by atoms with van der Waals surface area (Å²) < 4.78 is 45.9. The summed E-state index contributed by atoms with van der Waals surface area (Å²) in [5.74, 6) is -4.91. The Morgan fingerprint density at radius 2 is 1.61 bits per heavy atom. The van der Waals surface area contributed by atoms with Crippen LogP contribution in [0.15, 0.2) is 60.7 Å². The van der Waals surface area contributed by atoms with E-state index >= 15 is 0 Å². The summed E-state index contributed by atoms with van der Waals surface area (Å²) in [4.78, 5) is 39.7. The van der Waals surface area contributed by atoms with E-state index in [1.54, 1.807) is 31.3 Å². The molecule has 1 unspecified atom stereocenters. The number of likely N-dealkylation sites (N-methyl/N-ethyl adjacent to an activating group) is 1. The van der Waals surface area contributed by atoms with Crippen molar-refractivity contribution < 1.29 is 32.3 Å². The van der Waals surface area contributed by atoms with Crippen LogP contribution in [0.4, 0.5) is 23.7 Å². The highest BCUT2D eigenvalue weighted by molar-refractivity contribution is 6.06. The number of alkyl carbamates (subject to hydrolysis) is 1. The lowest BCUT2D eigenvalue weighted by atomic mass is 9.95. The highest BCUT2D eigenvalue weighted by atomic mass is 19.2. The number of anilines is 1. The molecular formula is C26H22F3N3O4. The highest BCUT2D eigenvalue weighted by Crippen LogP contribution is 2.39. The number of hydrogen-bond acceptors (Lipinski definition) is 4. The minimum atomic E-state index is -1.43. The maximum Gasteiger partial charge on any atom is 0.408 e. The van der Waals surface area contributed by atoms with Gasteiger partial charge < -0.3 is 20.3 Å². The second-order valence-corrected chi connectivity index (χ2v) is 8.17. The van der Waals surface area contributed by atoms with Gasteiger partial charge in [-0.1, -0.05) is 42.5 Å². The zero-order valence-electron chi connectivity index (χ0n) is 19.3. The fraction of sp³-hybridized carbons (Fsp3) is 0.192. The molecule has 1 aliphatic rings. The van der Waals surface area contributed by atoms with Crippen LogP contribution in [0.5, 0.6) is 0 Å². The molecule has 4 rings (SSSR count). The first-order valence-corrected chi connectivity index (χ1v) is 11.0. The molecule has 186 valence electrons. The van der Waals surface area contributed by atoms with Gasteiger partial charge in [-0.25, -0.2) is 18.0 Å². The third kappa shape index (κ3) is 4.74. The van der Waals surface area contributed by atoms with Gasteiger partial charge in [0.2, 0.25) is 0 Å². The first kappa shape index (κ1) is 24.8. The van der Waals surface area contributed by atoms with Crippen LogP contribution in [0.2, 0.25) is 0 Å². The molecule has 1 aliphatic heterocycles. The van der Waals surface area contributed by atoms with E-state index in [9.17, 15) is 27.6 Å². The predicted octanol–water partition coefficient (Wildman–Crippen LogP) is 4.22. The lowest BCUT2D eigenvalue weighted by molar-refractivity contribution is -0.132. The maximum absolute atomic E-state index is 13.8. The van der Waals surface area contributed by atoms with E-state index in [1.165, 1.54) is 11.8 Å². The third-order valence-electron chi connectivity index (χ3n) is 5.89. The molecule has 36 heavy (non-hydrogen) atoms. The summed E-state index contributed by atoms with van der Waals surface area (Å²) in [6.07, 6.45) is -2.51. The van der Waals surface area contributed by atoms with Crippen molar-refractivity contribution >= 4 is 23.6 Å². The van der Waals surface area contributed by atoms with Crippen LogP contribution in [0.1, 0.15) is 24.1 Å². The number of carbonyl (C=O) groups excluding carboxylic acids is 3. The lowest BCUT2D eigenvalue weighted by Gasteiger charge is -2.24. The molecule has 0 aliphatic carbocycles. The monoisotopic (exact) mass is 497 g/mol. The topological polar surface area (TPSA) is 87.7 Å². The Hall–Kier alpha value is -4.34. The van der Waals surface area contributed by atoms with Crippen molar-refractivity contribution in [1.29, 1.82) is 0 Å². The number of nitrogens with zero attached hydrogens (tertiary/aromatic N) is 1. The number of ether oxygens (including phenoxy) is 1. The quantitative estimate of drug-likeness (QED) is 0.517. The van der Waals surface area contributed by atoms with Crippen LogP contribution in [0.25, 0.3) is 11.1 Å². The summed E-state index contributed by atoms with van der Waals surface area (Å²) in [5.41, 5.74) is 2.14. The molecule has 0 bridgehead atoms. The average molecular weight is 497 g/mol. The van der Waals surface area contributed by atoms with Gasteiger partial charge in [0.1, 0.15) is 11.9 Å². The molecule has 1 heterocycles. The normalized spacial score (nSPS) is 15.3.